The molecule has 7 nitrogen and oxygen atoms in total. The zero-order valence-electron chi connectivity index (χ0n) is 14.0. The number of furan rings is 1. The molecule has 3 amide bonds. The summed E-state index contributed by atoms with van der Waals surface area (Å²) in [5.41, 5.74) is -0.354. The number of carbonyl (C=O) groups excluding carboxylic acids is 2. The van der Waals surface area contributed by atoms with Gasteiger partial charge in [-0.2, -0.15) is 0 Å². The third-order valence-electron chi connectivity index (χ3n) is 4.21. The van der Waals surface area contributed by atoms with Gasteiger partial charge in [-0.15, -0.1) is 0 Å². The molecule has 2 aromatic heterocycles. The summed E-state index contributed by atoms with van der Waals surface area (Å²) in [4.78, 5) is 26.0. The van der Waals surface area contributed by atoms with Crippen molar-refractivity contribution in [2.45, 2.75) is 45.7 Å². The van der Waals surface area contributed by atoms with Gasteiger partial charge < -0.3 is 14.3 Å². The highest BCUT2D eigenvalue weighted by atomic mass is 16.5. The molecule has 0 bridgehead atoms. The van der Waals surface area contributed by atoms with Crippen LogP contribution in [0.2, 0.25) is 0 Å². The molecule has 3 heterocycles. The summed E-state index contributed by atoms with van der Waals surface area (Å²) in [5, 5.41) is 6.72. The number of rotatable bonds is 6. The lowest BCUT2D eigenvalue weighted by Gasteiger charge is -2.22. The summed E-state index contributed by atoms with van der Waals surface area (Å²) < 4.78 is 10.4. The van der Waals surface area contributed by atoms with Crippen LogP contribution in [0.25, 0.3) is 11.5 Å². The molecule has 24 heavy (non-hydrogen) atoms. The van der Waals surface area contributed by atoms with Crippen molar-refractivity contribution in [2.75, 3.05) is 0 Å². The predicted octanol–water partition coefficient (Wildman–Crippen LogP) is 3.18. The molecule has 1 aliphatic rings. The van der Waals surface area contributed by atoms with E-state index in [1.807, 2.05) is 0 Å². The van der Waals surface area contributed by atoms with Gasteiger partial charge in [-0.1, -0.05) is 19.0 Å². The fraction of sp³-hybridized carbons (Fsp3) is 0.471. The van der Waals surface area contributed by atoms with Crippen LogP contribution in [0.3, 0.4) is 0 Å². The molecule has 0 saturated carbocycles. The average Bonchev–Trinajstić information content (AvgIpc) is 3.23. The SMILES string of the molecule is CC(C)CC[C@@]1(C)NC(=O)N(Cc2cc(-c3ccco3)on2)C1=O. The summed E-state index contributed by atoms with van der Waals surface area (Å²) >= 11 is 0. The highest BCUT2D eigenvalue weighted by Crippen LogP contribution is 2.27. The molecule has 2 aromatic rings. The van der Waals surface area contributed by atoms with Crippen molar-refractivity contribution in [3.63, 3.8) is 0 Å². The molecule has 3 rings (SSSR count). The molecule has 1 fully saturated rings. The van der Waals surface area contributed by atoms with Crippen molar-refractivity contribution < 1.29 is 18.5 Å². The first-order chi connectivity index (χ1) is 11.4. The number of carbonyl (C=O) groups is 2. The minimum Gasteiger partial charge on any atom is -0.461 e. The maximum absolute atomic E-state index is 12.7. The number of urea groups is 1. The third-order valence-corrected chi connectivity index (χ3v) is 4.21. The highest BCUT2D eigenvalue weighted by Gasteiger charge is 2.47. The van der Waals surface area contributed by atoms with Crippen molar-refractivity contribution >= 4 is 11.9 Å². The number of nitrogens with zero attached hydrogens (tertiary/aromatic N) is 2. The van der Waals surface area contributed by atoms with E-state index in [2.05, 4.69) is 24.3 Å². The summed E-state index contributed by atoms with van der Waals surface area (Å²) in [5.74, 6) is 1.25. The Morgan fingerprint density at radius 3 is 2.79 bits per heavy atom. The van der Waals surface area contributed by atoms with Crippen LogP contribution < -0.4 is 5.32 Å². The fourth-order valence-electron chi connectivity index (χ4n) is 2.72. The van der Waals surface area contributed by atoms with Crippen LogP contribution in [0.4, 0.5) is 4.79 Å². The first-order valence-corrected chi connectivity index (χ1v) is 8.02. The predicted molar refractivity (Wildman–Crippen MR) is 85.8 cm³/mol. The van der Waals surface area contributed by atoms with Gasteiger partial charge in [0.15, 0.2) is 5.76 Å². The van der Waals surface area contributed by atoms with Crippen molar-refractivity contribution in [1.82, 2.24) is 15.4 Å². The summed E-state index contributed by atoms with van der Waals surface area (Å²) in [7, 11) is 0. The standard InChI is InChI=1S/C17H21N3O4/c1-11(2)6-7-17(3)15(21)20(16(22)18-17)10-12-9-14(24-19-12)13-5-4-8-23-13/h4-5,8-9,11H,6-7,10H2,1-3H3,(H,18,22)/t17-/m1/s1. The summed E-state index contributed by atoms with van der Waals surface area (Å²) in [6.45, 7) is 6.03. The van der Waals surface area contributed by atoms with Gasteiger partial charge in [0.05, 0.1) is 12.8 Å². The second kappa shape index (κ2) is 6.14. The molecule has 128 valence electrons. The smallest absolute Gasteiger partial charge is 0.325 e. The fourth-order valence-corrected chi connectivity index (χ4v) is 2.72. The Morgan fingerprint density at radius 1 is 1.33 bits per heavy atom. The van der Waals surface area contributed by atoms with Crippen LogP contribution in [-0.4, -0.2) is 27.5 Å². The summed E-state index contributed by atoms with van der Waals surface area (Å²) in [6, 6.07) is 4.77. The van der Waals surface area contributed by atoms with Crippen molar-refractivity contribution in [1.29, 1.82) is 0 Å². The first-order valence-electron chi connectivity index (χ1n) is 8.02. The summed E-state index contributed by atoms with van der Waals surface area (Å²) in [6.07, 6.45) is 3.01. The van der Waals surface area contributed by atoms with Gasteiger partial charge in [0.1, 0.15) is 11.2 Å². The molecular formula is C17H21N3O4. The van der Waals surface area contributed by atoms with Gasteiger partial charge in [-0.25, -0.2) is 4.79 Å². The van der Waals surface area contributed by atoms with E-state index in [0.717, 1.165) is 6.42 Å². The molecule has 1 saturated heterocycles. The normalized spacial score (nSPS) is 20.9. The molecule has 1 atom stereocenters. The Hall–Kier alpha value is -2.57. The zero-order valence-corrected chi connectivity index (χ0v) is 14.0. The largest absolute Gasteiger partial charge is 0.461 e. The first kappa shape index (κ1) is 16.3. The number of aromatic nitrogens is 1. The minimum atomic E-state index is -0.852. The van der Waals surface area contributed by atoms with E-state index in [0.29, 0.717) is 29.6 Å². The van der Waals surface area contributed by atoms with E-state index in [-0.39, 0.29) is 12.5 Å². The highest BCUT2D eigenvalue weighted by molar-refractivity contribution is 6.06. The van der Waals surface area contributed by atoms with E-state index in [1.54, 1.807) is 25.1 Å². The maximum atomic E-state index is 12.7. The van der Waals surface area contributed by atoms with Crippen LogP contribution in [0.5, 0.6) is 0 Å². The van der Waals surface area contributed by atoms with Gasteiger partial charge in [-0.05, 0) is 37.8 Å². The number of imide groups is 1. The third kappa shape index (κ3) is 3.06. The Bertz CT molecular complexity index is 735. The quantitative estimate of drug-likeness (QED) is 0.821. The van der Waals surface area contributed by atoms with Crippen LogP contribution >= 0.6 is 0 Å². The van der Waals surface area contributed by atoms with Crippen molar-refractivity contribution in [3.8, 4) is 11.5 Å². The van der Waals surface area contributed by atoms with Gasteiger partial charge in [0.25, 0.3) is 5.91 Å². The average molecular weight is 331 g/mol. The number of nitrogens with one attached hydrogen (secondary N) is 1. The van der Waals surface area contributed by atoms with Crippen LogP contribution in [0.15, 0.2) is 33.4 Å². The second-order valence-electron chi connectivity index (χ2n) is 6.75. The molecule has 1 aliphatic heterocycles. The lowest BCUT2D eigenvalue weighted by molar-refractivity contribution is -0.131. The number of hydrogen-bond donors (Lipinski definition) is 1. The molecular weight excluding hydrogens is 310 g/mol. The molecule has 7 heteroatoms. The maximum Gasteiger partial charge on any atom is 0.325 e. The van der Waals surface area contributed by atoms with Gasteiger partial charge in [-0.3, -0.25) is 9.69 Å². The van der Waals surface area contributed by atoms with E-state index in [9.17, 15) is 9.59 Å². The van der Waals surface area contributed by atoms with Gasteiger partial charge in [0, 0.05) is 6.07 Å². The van der Waals surface area contributed by atoms with Gasteiger partial charge >= 0.3 is 6.03 Å². The zero-order chi connectivity index (χ0) is 17.3. The number of amides is 3. The molecule has 0 aromatic carbocycles. The Labute approximate surface area is 140 Å². The van der Waals surface area contributed by atoms with Crippen LogP contribution in [-0.2, 0) is 11.3 Å². The lowest BCUT2D eigenvalue weighted by atomic mass is 9.92. The van der Waals surface area contributed by atoms with Crippen molar-refractivity contribution in [2.24, 2.45) is 5.92 Å². The second-order valence-corrected chi connectivity index (χ2v) is 6.75. The molecule has 1 N–H and O–H groups in total. The van der Waals surface area contributed by atoms with Gasteiger partial charge in [0.2, 0.25) is 5.76 Å². The molecule has 0 unspecified atom stereocenters. The Morgan fingerprint density at radius 2 is 2.12 bits per heavy atom. The lowest BCUT2D eigenvalue weighted by Crippen LogP contribution is -2.44. The van der Waals surface area contributed by atoms with E-state index in [1.165, 1.54) is 11.2 Å². The Balaban J connectivity index is 1.71. The minimum absolute atomic E-state index is 0.0755. The van der Waals surface area contributed by atoms with Crippen LogP contribution in [0, 0.1) is 5.92 Å². The van der Waals surface area contributed by atoms with Crippen molar-refractivity contribution in [3.05, 3.63) is 30.2 Å². The van der Waals surface area contributed by atoms with Crippen LogP contribution in [0.1, 0.15) is 39.3 Å². The molecule has 0 aliphatic carbocycles. The Kier molecular flexibility index (Phi) is 4.17. The number of hydrogen-bond acceptors (Lipinski definition) is 5. The molecule has 0 radical (unpaired) electrons. The topological polar surface area (TPSA) is 88.6 Å². The van der Waals surface area contributed by atoms with E-state index < -0.39 is 11.6 Å². The van der Waals surface area contributed by atoms with E-state index in [4.69, 9.17) is 8.94 Å². The molecule has 0 spiro atoms. The monoisotopic (exact) mass is 331 g/mol. The van der Waals surface area contributed by atoms with E-state index >= 15 is 0 Å².